The highest BCUT2D eigenvalue weighted by Gasteiger charge is 2.08. The summed E-state index contributed by atoms with van der Waals surface area (Å²) >= 11 is 0. The standard InChI is InChI=1S/C8H9NO3/c1-12-5-7-6(8(10)11)3-2-4-9-7/h2-4H,5H2,1H3,(H,10,11). The quantitative estimate of drug-likeness (QED) is 0.727. The number of carboxylic acid groups (broad SMARTS) is 1. The van der Waals surface area contributed by atoms with Crippen molar-refractivity contribution in [3.05, 3.63) is 29.6 Å². The molecule has 64 valence electrons. The lowest BCUT2D eigenvalue weighted by molar-refractivity contribution is 0.0690. The van der Waals surface area contributed by atoms with Crippen LogP contribution in [-0.4, -0.2) is 23.2 Å². The van der Waals surface area contributed by atoms with Gasteiger partial charge >= 0.3 is 5.97 Å². The number of ether oxygens (including phenoxy) is 1. The summed E-state index contributed by atoms with van der Waals surface area (Å²) in [7, 11) is 1.50. The summed E-state index contributed by atoms with van der Waals surface area (Å²) in [6.45, 7) is 0.225. The van der Waals surface area contributed by atoms with E-state index in [1.54, 1.807) is 12.3 Å². The first-order valence-corrected chi connectivity index (χ1v) is 3.42. The monoisotopic (exact) mass is 167 g/mol. The molecule has 0 spiro atoms. The van der Waals surface area contributed by atoms with Crippen LogP contribution in [0.3, 0.4) is 0 Å². The average molecular weight is 167 g/mol. The molecule has 0 radical (unpaired) electrons. The Balaban J connectivity index is 3.00. The Bertz CT molecular complexity index is 285. The third-order valence-electron chi connectivity index (χ3n) is 1.40. The molecule has 1 aromatic rings. The third-order valence-corrected chi connectivity index (χ3v) is 1.40. The smallest absolute Gasteiger partial charge is 0.337 e. The fourth-order valence-electron chi connectivity index (χ4n) is 0.884. The Kier molecular flexibility index (Phi) is 2.76. The highest BCUT2D eigenvalue weighted by molar-refractivity contribution is 5.88. The SMILES string of the molecule is COCc1ncccc1C(=O)O. The van der Waals surface area contributed by atoms with Gasteiger partial charge in [0.1, 0.15) is 0 Å². The van der Waals surface area contributed by atoms with Gasteiger partial charge in [0.15, 0.2) is 0 Å². The molecule has 12 heavy (non-hydrogen) atoms. The van der Waals surface area contributed by atoms with Crippen LogP contribution in [0.5, 0.6) is 0 Å². The predicted octanol–water partition coefficient (Wildman–Crippen LogP) is 0.926. The maximum absolute atomic E-state index is 10.6. The molecule has 0 unspecified atom stereocenters. The maximum Gasteiger partial charge on any atom is 0.337 e. The van der Waals surface area contributed by atoms with E-state index in [1.165, 1.54) is 13.2 Å². The van der Waals surface area contributed by atoms with Crippen molar-refractivity contribution in [2.75, 3.05) is 7.11 Å². The van der Waals surface area contributed by atoms with Crippen molar-refractivity contribution in [1.82, 2.24) is 4.98 Å². The van der Waals surface area contributed by atoms with Crippen LogP contribution in [0.4, 0.5) is 0 Å². The molecule has 4 heteroatoms. The molecule has 0 fully saturated rings. The van der Waals surface area contributed by atoms with Crippen LogP contribution in [0.1, 0.15) is 16.1 Å². The van der Waals surface area contributed by atoms with E-state index in [9.17, 15) is 4.79 Å². The van der Waals surface area contributed by atoms with Crippen LogP contribution in [0.15, 0.2) is 18.3 Å². The van der Waals surface area contributed by atoms with E-state index in [1.807, 2.05) is 0 Å². The first-order chi connectivity index (χ1) is 5.75. The van der Waals surface area contributed by atoms with Crippen LogP contribution >= 0.6 is 0 Å². The number of aromatic carboxylic acids is 1. The fraction of sp³-hybridized carbons (Fsp3) is 0.250. The van der Waals surface area contributed by atoms with Crippen molar-refractivity contribution in [3.8, 4) is 0 Å². The summed E-state index contributed by atoms with van der Waals surface area (Å²) in [4.78, 5) is 14.5. The maximum atomic E-state index is 10.6. The number of aromatic nitrogens is 1. The summed E-state index contributed by atoms with van der Waals surface area (Å²) in [6.07, 6.45) is 1.54. The molecule has 0 atom stereocenters. The minimum absolute atomic E-state index is 0.194. The lowest BCUT2D eigenvalue weighted by Crippen LogP contribution is -2.04. The predicted molar refractivity (Wildman–Crippen MR) is 41.9 cm³/mol. The first-order valence-electron chi connectivity index (χ1n) is 3.42. The van der Waals surface area contributed by atoms with Crippen molar-refractivity contribution in [1.29, 1.82) is 0 Å². The molecule has 1 aromatic heterocycles. The normalized spacial score (nSPS) is 9.75. The van der Waals surface area contributed by atoms with Gasteiger partial charge in [0.05, 0.1) is 17.9 Å². The van der Waals surface area contributed by atoms with E-state index in [4.69, 9.17) is 9.84 Å². The third kappa shape index (κ3) is 1.79. The van der Waals surface area contributed by atoms with E-state index in [-0.39, 0.29) is 12.2 Å². The number of pyridine rings is 1. The summed E-state index contributed by atoms with van der Waals surface area (Å²) < 4.78 is 4.79. The minimum atomic E-state index is -0.977. The number of carbonyl (C=O) groups is 1. The molecular weight excluding hydrogens is 158 g/mol. The van der Waals surface area contributed by atoms with Crippen LogP contribution in [0.2, 0.25) is 0 Å². The summed E-state index contributed by atoms with van der Waals surface area (Å²) in [5.41, 5.74) is 0.645. The second-order valence-electron chi connectivity index (χ2n) is 2.24. The number of methoxy groups -OCH3 is 1. The topological polar surface area (TPSA) is 59.4 Å². The first kappa shape index (κ1) is 8.67. The zero-order valence-electron chi connectivity index (χ0n) is 6.65. The number of rotatable bonds is 3. The van der Waals surface area contributed by atoms with Gasteiger partial charge in [-0.1, -0.05) is 0 Å². The number of hydrogen-bond acceptors (Lipinski definition) is 3. The van der Waals surface area contributed by atoms with Crippen LogP contribution < -0.4 is 0 Å². The fourth-order valence-corrected chi connectivity index (χ4v) is 0.884. The van der Waals surface area contributed by atoms with E-state index in [0.29, 0.717) is 5.69 Å². The van der Waals surface area contributed by atoms with Gasteiger partial charge in [-0.3, -0.25) is 4.98 Å². The summed E-state index contributed by atoms with van der Waals surface area (Å²) in [5, 5.41) is 8.70. The van der Waals surface area contributed by atoms with Crippen molar-refractivity contribution >= 4 is 5.97 Å². The molecule has 0 saturated heterocycles. The van der Waals surface area contributed by atoms with Gasteiger partial charge in [-0.15, -0.1) is 0 Å². The second kappa shape index (κ2) is 3.82. The Labute approximate surface area is 69.8 Å². The molecule has 1 rings (SSSR count). The Hall–Kier alpha value is -1.42. The Morgan fingerprint density at radius 1 is 1.75 bits per heavy atom. The van der Waals surface area contributed by atoms with Crippen LogP contribution in [0.25, 0.3) is 0 Å². The molecule has 0 aliphatic rings. The van der Waals surface area contributed by atoms with E-state index < -0.39 is 5.97 Å². The van der Waals surface area contributed by atoms with E-state index >= 15 is 0 Å². The summed E-state index contributed by atoms with van der Waals surface area (Å²) in [5.74, 6) is -0.977. The number of hydrogen-bond donors (Lipinski definition) is 1. The zero-order valence-corrected chi connectivity index (χ0v) is 6.65. The van der Waals surface area contributed by atoms with Gasteiger partial charge in [0.2, 0.25) is 0 Å². The van der Waals surface area contributed by atoms with E-state index in [2.05, 4.69) is 4.98 Å². The Morgan fingerprint density at radius 2 is 2.50 bits per heavy atom. The van der Waals surface area contributed by atoms with Gasteiger partial charge in [0.25, 0.3) is 0 Å². The molecule has 0 aliphatic heterocycles. The van der Waals surface area contributed by atoms with Crippen molar-refractivity contribution < 1.29 is 14.6 Å². The van der Waals surface area contributed by atoms with Crippen LogP contribution in [-0.2, 0) is 11.3 Å². The number of carboxylic acids is 1. The molecule has 0 bridgehead atoms. The van der Waals surface area contributed by atoms with Gasteiger partial charge in [-0.05, 0) is 12.1 Å². The summed E-state index contributed by atoms with van der Waals surface area (Å²) in [6, 6.07) is 3.09. The zero-order chi connectivity index (χ0) is 8.97. The van der Waals surface area contributed by atoms with E-state index in [0.717, 1.165) is 0 Å². The lowest BCUT2D eigenvalue weighted by atomic mass is 10.2. The molecule has 1 N–H and O–H groups in total. The van der Waals surface area contributed by atoms with Gasteiger partial charge in [-0.25, -0.2) is 4.79 Å². The van der Waals surface area contributed by atoms with Gasteiger partial charge in [-0.2, -0.15) is 0 Å². The van der Waals surface area contributed by atoms with Gasteiger partial charge < -0.3 is 9.84 Å². The largest absolute Gasteiger partial charge is 0.478 e. The molecule has 0 aliphatic carbocycles. The molecule has 0 aromatic carbocycles. The molecule has 0 amide bonds. The minimum Gasteiger partial charge on any atom is -0.478 e. The lowest BCUT2D eigenvalue weighted by Gasteiger charge is -2.01. The van der Waals surface area contributed by atoms with Crippen molar-refractivity contribution in [2.45, 2.75) is 6.61 Å². The van der Waals surface area contributed by atoms with Crippen LogP contribution in [0, 0.1) is 0 Å². The Morgan fingerprint density at radius 3 is 3.08 bits per heavy atom. The van der Waals surface area contributed by atoms with Gasteiger partial charge in [0, 0.05) is 13.3 Å². The highest BCUT2D eigenvalue weighted by atomic mass is 16.5. The van der Waals surface area contributed by atoms with Crippen molar-refractivity contribution in [3.63, 3.8) is 0 Å². The van der Waals surface area contributed by atoms with Crippen molar-refractivity contribution in [2.24, 2.45) is 0 Å². The molecule has 0 saturated carbocycles. The second-order valence-corrected chi connectivity index (χ2v) is 2.24. The molecular formula is C8H9NO3. The number of nitrogens with zero attached hydrogens (tertiary/aromatic N) is 1. The molecule has 1 heterocycles. The average Bonchev–Trinajstić information content (AvgIpc) is 2.05. The highest BCUT2D eigenvalue weighted by Crippen LogP contribution is 2.05. The molecule has 4 nitrogen and oxygen atoms in total.